The Morgan fingerprint density at radius 2 is 2.10 bits per heavy atom. The predicted octanol–water partition coefficient (Wildman–Crippen LogP) is 3.00. The van der Waals surface area contributed by atoms with Crippen molar-refractivity contribution in [2.75, 3.05) is 13.7 Å². The third kappa shape index (κ3) is 3.35. The van der Waals surface area contributed by atoms with Gasteiger partial charge in [0.2, 0.25) is 0 Å². The first-order valence-corrected chi connectivity index (χ1v) is 7.73. The minimum Gasteiger partial charge on any atom is -0.496 e. The highest BCUT2D eigenvalue weighted by molar-refractivity contribution is 7.05. The first-order chi connectivity index (χ1) is 9.80. The van der Waals surface area contributed by atoms with E-state index in [0.717, 1.165) is 30.8 Å². The van der Waals surface area contributed by atoms with Gasteiger partial charge in [0.25, 0.3) is 0 Å². The highest BCUT2D eigenvalue weighted by Gasteiger charge is 2.19. The molecule has 4 nitrogen and oxygen atoms in total. The quantitative estimate of drug-likeness (QED) is 0.852. The van der Waals surface area contributed by atoms with Crippen molar-refractivity contribution in [1.29, 1.82) is 0 Å². The van der Waals surface area contributed by atoms with Crippen molar-refractivity contribution in [3.63, 3.8) is 0 Å². The molecule has 1 aromatic heterocycles. The molecule has 2 rings (SSSR count). The molecule has 0 amide bonds. The number of aromatic nitrogens is 2. The van der Waals surface area contributed by atoms with E-state index in [4.69, 9.17) is 4.74 Å². The summed E-state index contributed by atoms with van der Waals surface area (Å²) in [4.78, 5) is 1.24. The molecule has 0 aliphatic heterocycles. The molecule has 0 fully saturated rings. The summed E-state index contributed by atoms with van der Waals surface area (Å²) in [5, 5.41) is 7.75. The molecule has 0 bridgehead atoms. The number of aryl methyl sites for hydroxylation is 1. The lowest BCUT2D eigenvalue weighted by Gasteiger charge is -2.18. The van der Waals surface area contributed by atoms with E-state index in [-0.39, 0.29) is 6.04 Å². The number of nitrogens with zero attached hydrogens (tertiary/aromatic N) is 2. The van der Waals surface area contributed by atoms with Gasteiger partial charge >= 0.3 is 0 Å². The van der Waals surface area contributed by atoms with Crippen LogP contribution >= 0.6 is 11.5 Å². The van der Waals surface area contributed by atoms with E-state index in [2.05, 4.69) is 34.8 Å². The molecule has 1 atom stereocenters. The number of hydrogen-bond donors (Lipinski definition) is 1. The number of nitrogens with one attached hydrogen (secondary N) is 1. The molecule has 0 aliphatic rings. The summed E-state index contributed by atoms with van der Waals surface area (Å²) < 4.78 is 9.54. The maximum Gasteiger partial charge on any atom is 0.122 e. The van der Waals surface area contributed by atoms with E-state index < -0.39 is 0 Å². The van der Waals surface area contributed by atoms with Gasteiger partial charge in [-0.1, -0.05) is 36.5 Å². The highest BCUT2D eigenvalue weighted by atomic mass is 32.1. The van der Waals surface area contributed by atoms with Gasteiger partial charge in [0.15, 0.2) is 0 Å². The van der Waals surface area contributed by atoms with Gasteiger partial charge in [-0.05, 0) is 42.5 Å². The van der Waals surface area contributed by atoms with Crippen LogP contribution in [-0.2, 0) is 12.8 Å². The molecule has 0 radical (unpaired) electrons. The van der Waals surface area contributed by atoms with Crippen LogP contribution in [0.5, 0.6) is 5.75 Å². The van der Waals surface area contributed by atoms with Crippen LogP contribution in [0, 0.1) is 0 Å². The third-order valence-corrected chi connectivity index (χ3v) is 4.18. The maximum absolute atomic E-state index is 5.44. The van der Waals surface area contributed by atoms with Gasteiger partial charge in [-0.15, -0.1) is 5.10 Å². The number of rotatable bonds is 7. The molecule has 1 heterocycles. The summed E-state index contributed by atoms with van der Waals surface area (Å²) in [5.41, 5.74) is 2.30. The number of benzene rings is 1. The van der Waals surface area contributed by atoms with Crippen molar-refractivity contribution in [3.05, 3.63) is 40.4 Å². The second-order valence-electron chi connectivity index (χ2n) is 4.56. The summed E-state index contributed by atoms with van der Waals surface area (Å²) in [6.45, 7) is 5.16. The molecule has 1 unspecified atom stereocenters. The first-order valence-electron chi connectivity index (χ1n) is 6.96. The predicted molar refractivity (Wildman–Crippen MR) is 82.4 cm³/mol. The van der Waals surface area contributed by atoms with Crippen LogP contribution in [0.25, 0.3) is 0 Å². The largest absolute Gasteiger partial charge is 0.496 e. The van der Waals surface area contributed by atoms with Crippen molar-refractivity contribution in [2.24, 2.45) is 0 Å². The average molecular weight is 291 g/mol. The van der Waals surface area contributed by atoms with E-state index in [0.29, 0.717) is 0 Å². The Kier molecular flexibility index (Phi) is 5.49. The minimum atomic E-state index is 0.242. The van der Waals surface area contributed by atoms with Crippen LogP contribution in [0.15, 0.2) is 24.3 Å². The zero-order valence-corrected chi connectivity index (χ0v) is 13.0. The monoisotopic (exact) mass is 291 g/mol. The smallest absolute Gasteiger partial charge is 0.122 e. The van der Waals surface area contributed by atoms with E-state index in [1.165, 1.54) is 22.0 Å². The van der Waals surface area contributed by atoms with Gasteiger partial charge in [0, 0.05) is 6.04 Å². The Morgan fingerprint density at radius 3 is 2.80 bits per heavy atom. The molecule has 0 spiro atoms. The molecule has 5 heteroatoms. The van der Waals surface area contributed by atoms with Crippen LogP contribution in [0.2, 0.25) is 0 Å². The Morgan fingerprint density at radius 1 is 1.30 bits per heavy atom. The zero-order chi connectivity index (χ0) is 14.4. The molecular weight excluding hydrogens is 270 g/mol. The Bertz CT molecular complexity index is 541. The van der Waals surface area contributed by atoms with E-state index in [1.807, 2.05) is 18.2 Å². The van der Waals surface area contributed by atoms with Crippen molar-refractivity contribution < 1.29 is 4.74 Å². The standard InChI is InChI=1S/C15H21N3OS/c1-4-12-15(20-18-17-12)13(16-5-2)10-11-8-6-7-9-14(11)19-3/h6-9,13,16H,4-5,10H2,1-3H3. The number of likely N-dealkylation sites (N-methyl/N-ethyl adjacent to an activating group) is 1. The molecule has 2 aromatic rings. The van der Waals surface area contributed by atoms with Gasteiger partial charge in [0.1, 0.15) is 5.75 Å². The average Bonchev–Trinajstić information content (AvgIpc) is 2.95. The van der Waals surface area contributed by atoms with Gasteiger partial charge in [-0.2, -0.15) is 0 Å². The summed E-state index contributed by atoms with van der Waals surface area (Å²) in [6, 6.07) is 8.40. The number of methoxy groups -OCH3 is 1. The van der Waals surface area contributed by atoms with Gasteiger partial charge < -0.3 is 10.1 Å². The lowest BCUT2D eigenvalue weighted by molar-refractivity contribution is 0.406. The summed E-state index contributed by atoms with van der Waals surface area (Å²) >= 11 is 1.49. The van der Waals surface area contributed by atoms with E-state index >= 15 is 0 Å². The number of para-hydroxylation sites is 1. The van der Waals surface area contributed by atoms with E-state index in [9.17, 15) is 0 Å². The number of hydrogen-bond acceptors (Lipinski definition) is 5. The van der Waals surface area contributed by atoms with Crippen molar-refractivity contribution in [2.45, 2.75) is 32.7 Å². The lowest BCUT2D eigenvalue weighted by atomic mass is 10.0. The second-order valence-corrected chi connectivity index (χ2v) is 5.35. The van der Waals surface area contributed by atoms with Crippen molar-refractivity contribution in [3.8, 4) is 5.75 Å². The highest BCUT2D eigenvalue weighted by Crippen LogP contribution is 2.28. The summed E-state index contributed by atoms with van der Waals surface area (Å²) in [5.74, 6) is 0.936. The van der Waals surface area contributed by atoms with Gasteiger partial charge in [-0.25, -0.2) is 0 Å². The van der Waals surface area contributed by atoms with Crippen LogP contribution in [0.4, 0.5) is 0 Å². The fraction of sp³-hybridized carbons (Fsp3) is 0.467. The molecular formula is C15H21N3OS. The fourth-order valence-corrected chi connectivity index (χ4v) is 3.13. The van der Waals surface area contributed by atoms with E-state index in [1.54, 1.807) is 7.11 Å². The van der Waals surface area contributed by atoms with Crippen LogP contribution in [0.1, 0.15) is 36.0 Å². The van der Waals surface area contributed by atoms with Gasteiger partial charge in [-0.3, -0.25) is 0 Å². The topological polar surface area (TPSA) is 47.0 Å². The molecule has 108 valence electrons. The molecule has 1 aromatic carbocycles. The molecule has 20 heavy (non-hydrogen) atoms. The minimum absolute atomic E-state index is 0.242. The Balaban J connectivity index is 2.25. The molecule has 1 N–H and O–H groups in total. The first kappa shape index (κ1) is 14.9. The van der Waals surface area contributed by atoms with Crippen molar-refractivity contribution in [1.82, 2.24) is 14.9 Å². The Labute approximate surface area is 124 Å². The van der Waals surface area contributed by atoms with Crippen LogP contribution in [0.3, 0.4) is 0 Å². The van der Waals surface area contributed by atoms with Gasteiger partial charge in [0.05, 0.1) is 17.7 Å². The summed E-state index contributed by atoms with van der Waals surface area (Å²) in [6.07, 6.45) is 1.80. The Hall–Kier alpha value is -1.46. The van der Waals surface area contributed by atoms with Crippen LogP contribution in [-0.4, -0.2) is 23.2 Å². The second kappa shape index (κ2) is 7.36. The maximum atomic E-state index is 5.44. The fourth-order valence-electron chi connectivity index (χ4n) is 2.32. The summed E-state index contributed by atoms with van der Waals surface area (Å²) in [7, 11) is 1.72. The molecule has 0 saturated carbocycles. The third-order valence-electron chi connectivity index (χ3n) is 3.30. The lowest BCUT2D eigenvalue weighted by Crippen LogP contribution is -2.23. The number of ether oxygens (including phenoxy) is 1. The molecule has 0 aliphatic carbocycles. The van der Waals surface area contributed by atoms with Crippen LogP contribution < -0.4 is 10.1 Å². The molecule has 0 saturated heterocycles. The normalized spacial score (nSPS) is 12.3. The zero-order valence-electron chi connectivity index (χ0n) is 12.2. The van der Waals surface area contributed by atoms with Crippen molar-refractivity contribution >= 4 is 11.5 Å². The SMILES string of the molecule is CCNC(Cc1ccccc1OC)c1snnc1CC.